The van der Waals surface area contributed by atoms with Gasteiger partial charge in [0, 0.05) is 16.9 Å². The molecule has 2 heterocycles. The summed E-state index contributed by atoms with van der Waals surface area (Å²) in [5.41, 5.74) is 4.14. The first kappa shape index (κ1) is 19.5. The van der Waals surface area contributed by atoms with Crippen molar-refractivity contribution < 1.29 is 19.1 Å². The van der Waals surface area contributed by atoms with Crippen molar-refractivity contribution in [2.24, 2.45) is 0 Å². The smallest absolute Gasteiger partial charge is 0.255 e. The Hall–Kier alpha value is -3.45. The van der Waals surface area contributed by atoms with E-state index in [0.717, 1.165) is 16.8 Å². The molecule has 7 heteroatoms. The van der Waals surface area contributed by atoms with Crippen LogP contribution in [-0.2, 0) is 4.79 Å². The van der Waals surface area contributed by atoms with Crippen molar-refractivity contribution >= 4 is 35.0 Å². The Morgan fingerprint density at radius 1 is 1.03 bits per heavy atom. The fourth-order valence-electron chi connectivity index (χ4n) is 3.67. The molecule has 31 heavy (non-hydrogen) atoms. The fraction of sp³-hybridized carbons (Fsp3) is 0.167. The topological polar surface area (TPSA) is 67.9 Å². The quantitative estimate of drug-likeness (QED) is 0.644. The second kappa shape index (κ2) is 8.00. The van der Waals surface area contributed by atoms with Gasteiger partial charge in [-0.2, -0.15) is 0 Å². The number of hydrogen-bond acceptors (Lipinski definition) is 5. The average molecular weight is 433 g/mol. The van der Waals surface area contributed by atoms with E-state index >= 15 is 0 Å². The maximum absolute atomic E-state index is 12.7. The molecule has 0 radical (unpaired) electrons. The first-order chi connectivity index (χ1) is 15.1. The number of nitrogens with zero attached hydrogens (tertiary/aromatic N) is 1. The molecule has 2 aliphatic heterocycles. The van der Waals surface area contributed by atoms with Crippen molar-refractivity contribution in [3.8, 4) is 11.5 Å². The number of aryl methyl sites for hydroxylation is 1. The lowest BCUT2D eigenvalue weighted by atomic mass is 10.1. The Bertz CT molecular complexity index is 1160. The van der Waals surface area contributed by atoms with Gasteiger partial charge in [-0.25, -0.2) is 0 Å². The van der Waals surface area contributed by atoms with Crippen molar-refractivity contribution in [2.75, 3.05) is 22.8 Å². The van der Waals surface area contributed by atoms with Gasteiger partial charge in [-0.05, 0) is 55.0 Å². The summed E-state index contributed by atoms with van der Waals surface area (Å²) in [5, 5.41) is 2.80. The third kappa shape index (κ3) is 3.84. The predicted octanol–water partition coefficient (Wildman–Crippen LogP) is 4.75. The van der Waals surface area contributed by atoms with Crippen LogP contribution in [0.4, 0.5) is 11.4 Å². The lowest BCUT2D eigenvalue weighted by Crippen LogP contribution is -2.27. The number of benzene rings is 3. The number of carbonyl (C=O) groups excluding carboxylic acids is 2. The minimum absolute atomic E-state index is 0.0775. The second-order valence-corrected chi connectivity index (χ2v) is 8.48. The minimum Gasteiger partial charge on any atom is -0.454 e. The first-order valence-electron chi connectivity index (χ1n) is 9.90. The molecule has 1 saturated heterocycles. The van der Waals surface area contributed by atoms with Gasteiger partial charge in [-0.15, -0.1) is 11.8 Å². The van der Waals surface area contributed by atoms with E-state index in [4.69, 9.17) is 9.47 Å². The van der Waals surface area contributed by atoms with E-state index in [0.29, 0.717) is 28.5 Å². The lowest BCUT2D eigenvalue weighted by Gasteiger charge is -2.25. The minimum atomic E-state index is -0.235. The Morgan fingerprint density at radius 2 is 1.84 bits per heavy atom. The number of amides is 2. The van der Waals surface area contributed by atoms with Crippen LogP contribution < -0.4 is 19.7 Å². The van der Waals surface area contributed by atoms with Crippen LogP contribution in [0.25, 0.3) is 0 Å². The van der Waals surface area contributed by atoms with Crippen molar-refractivity contribution in [2.45, 2.75) is 12.3 Å². The highest BCUT2D eigenvalue weighted by Gasteiger charge is 2.34. The molecular weight excluding hydrogens is 412 g/mol. The van der Waals surface area contributed by atoms with Crippen molar-refractivity contribution in [3.05, 3.63) is 83.4 Å². The summed E-state index contributed by atoms with van der Waals surface area (Å²) in [5.74, 6) is 1.47. The van der Waals surface area contributed by atoms with Gasteiger partial charge in [0.2, 0.25) is 12.7 Å². The molecule has 0 bridgehead atoms. The van der Waals surface area contributed by atoms with Gasteiger partial charge in [0.25, 0.3) is 5.91 Å². The Kier molecular flexibility index (Phi) is 5.03. The molecule has 2 aliphatic rings. The summed E-state index contributed by atoms with van der Waals surface area (Å²) in [6, 6.07) is 20.7. The van der Waals surface area contributed by atoms with Gasteiger partial charge in [-0.3, -0.25) is 14.5 Å². The van der Waals surface area contributed by atoms with E-state index in [1.54, 1.807) is 30.0 Å². The summed E-state index contributed by atoms with van der Waals surface area (Å²) in [6.07, 6.45) is 0. The molecule has 3 aromatic rings. The summed E-state index contributed by atoms with van der Waals surface area (Å²) in [7, 11) is 0. The zero-order valence-electron chi connectivity index (χ0n) is 16.8. The monoisotopic (exact) mass is 432 g/mol. The number of thioether (sulfide) groups is 1. The maximum Gasteiger partial charge on any atom is 0.255 e. The fourth-order valence-corrected chi connectivity index (χ4v) is 4.83. The summed E-state index contributed by atoms with van der Waals surface area (Å²) in [6.45, 7) is 2.19. The van der Waals surface area contributed by atoms with Crippen molar-refractivity contribution in [1.82, 2.24) is 0 Å². The largest absolute Gasteiger partial charge is 0.454 e. The molecule has 1 atom stereocenters. The van der Waals surface area contributed by atoms with Gasteiger partial charge in [0.15, 0.2) is 11.5 Å². The van der Waals surface area contributed by atoms with Crippen LogP contribution in [0, 0.1) is 6.92 Å². The zero-order valence-corrected chi connectivity index (χ0v) is 17.6. The van der Waals surface area contributed by atoms with Crippen LogP contribution in [0.3, 0.4) is 0 Å². The van der Waals surface area contributed by atoms with E-state index in [1.165, 1.54) is 0 Å². The van der Waals surface area contributed by atoms with E-state index in [2.05, 4.69) is 5.32 Å². The third-order valence-corrected chi connectivity index (χ3v) is 6.46. The standard InChI is InChI=1S/C24H20N2O4S/c1-15-5-8-19(9-6-15)26-22(27)13-31-24(26)17-3-2-4-18(11-17)25-23(28)16-7-10-20-21(12-16)30-14-29-20/h2-12,24H,13-14H2,1H3,(H,25,28). The van der Waals surface area contributed by atoms with Crippen LogP contribution in [-0.4, -0.2) is 24.4 Å². The number of fused-ring (bicyclic) bond motifs is 1. The van der Waals surface area contributed by atoms with Crippen LogP contribution in [0.1, 0.15) is 26.9 Å². The summed E-state index contributed by atoms with van der Waals surface area (Å²) >= 11 is 1.58. The molecule has 0 aromatic heterocycles. The highest BCUT2D eigenvalue weighted by Crippen LogP contribution is 2.42. The molecule has 1 fully saturated rings. The maximum atomic E-state index is 12.7. The summed E-state index contributed by atoms with van der Waals surface area (Å²) in [4.78, 5) is 27.2. The van der Waals surface area contributed by atoms with E-state index in [9.17, 15) is 9.59 Å². The van der Waals surface area contributed by atoms with Crippen LogP contribution in [0.5, 0.6) is 11.5 Å². The summed E-state index contributed by atoms with van der Waals surface area (Å²) < 4.78 is 10.7. The van der Waals surface area contributed by atoms with Crippen LogP contribution >= 0.6 is 11.8 Å². The zero-order chi connectivity index (χ0) is 21.4. The third-order valence-electron chi connectivity index (χ3n) is 5.24. The second-order valence-electron chi connectivity index (χ2n) is 7.41. The highest BCUT2D eigenvalue weighted by atomic mass is 32.2. The number of ether oxygens (including phenoxy) is 2. The Balaban J connectivity index is 1.37. The number of anilines is 2. The van der Waals surface area contributed by atoms with Crippen LogP contribution in [0.2, 0.25) is 0 Å². The predicted molar refractivity (Wildman–Crippen MR) is 121 cm³/mol. The molecule has 1 N–H and O–H groups in total. The number of carbonyl (C=O) groups is 2. The van der Waals surface area contributed by atoms with Gasteiger partial charge < -0.3 is 14.8 Å². The van der Waals surface area contributed by atoms with Gasteiger partial charge in [0.05, 0.1) is 5.75 Å². The number of hydrogen-bond donors (Lipinski definition) is 1. The molecule has 156 valence electrons. The SMILES string of the molecule is Cc1ccc(N2C(=O)CSC2c2cccc(NC(=O)c3ccc4c(c3)OCO4)c2)cc1. The molecule has 1 unspecified atom stereocenters. The van der Waals surface area contributed by atoms with E-state index in [1.807, 2.05) is 60.4 Å². The van der Waals surface area contributed by atoms with E-state index in [-0.39, 0.29) is 24.0 Å². The lowest BCUT2D eigenvalue weighted by molar-refractivity contribution is -0.115. The van der Waals surface area contributed by atoms with Gasteiger partial charge in [-0.1, -0.05) is 29.8 Å². The van der Waals surface area contributed by atoms with Crippen molar-refractivity contribution in [1.29, 1.82) is 0 Å². The van der Waals surface area contributed by atoms with E-state index < -0.39 is 0 Å². The van der Waals surface area contributed by atoms with Crippen LogP contribution in [0.15, 0.2) is 66.7 Å². The molecule has 5 rings (SSSR count). The average Bonchev–Trinajstić information content (AvgIpc) is 3.40. The van der Waals surface area contributed by atoms with Crippen molar-refractivity contribution in [3.63, 3.8) is 0 Å². The molecule has 3 aromatic carbocycles. The normalized spacial score (nSPS) is 17.1. The first-order valence-corrected chi connectivity index (χ1v) is 10.9. The Morgan fingerprint density at radius 3 is 2.68 bits per heavy atom. The van der Waals surface area contributed by atoms with Gasteiger partial charge in [0.1, 0.15) is 5.37 Å². The molecule has 2 amide bonds. The highest BCUT2D eigenvalue weighted by molar-refractivity contribution is 8.00. The molecular formula is C24H20N2O4S. The molecule has 0 spiro atoms. The molecule has 0 aliphatic carbocycles. The Labute approximate surface area is 184 Å². The molecule has 0 saturated carbocycles. The number of rotatable bonds is 4. The number of nitrogens with one attached hydrogen (secondary N) is 1. The molecule has 6 nitrogen and oxygen atoms in total. The van der Waals surface area contributed by atoms with Gasteiger partial charge >= 0.3 is 0 Å².